The Morgan fingerprint density at radius 3 is 2.63 bits per heavy atom. The zero-order valence-electron chi connectivity index (χ0n) is 11.6. The second kappa shape index (κ2) is 5.69. The third kappa shape index (κ3) is 3.22. The summed E-state index contributed by atoms with van der Waals surface area (Å²) in [6.45, 7) is 7.42. The molecule has 1 aromatic heterocycles. The Kier molecular flexibility index (Phi) is 4.00. The average molecular weight is 257 g/mol. The minimum Gasteiger partial charge on any atom is -0.384 e. The maximum atomic E-state index is 11.9. The van der Waals surface area contributed by atoms with E-state index < -0.39 is 0 Å². The maximum absolute atomic E-state index is 11.9. The fourth-order valence-electron chi connectivity index (χ4n) is 1.93. The van der Waals surface area contributed by atoms with Crippen LogP contribution < -0.4 is 10.9 Å². The first kappa shape index (κ1) is 13.3. The Labute approximate surface area is 113 Å². The molecule has 0 spiro atoms. The van der Waals surface area contributed by atoms with Gasteiger partial charge in [-0.25, -0.2) is 4.68 Å². The molecule has 1 N–H and O–H groups in total. The summed E-state index contributed by atoms with van der Waals surface area (Å²) in [6, 6.07) is 7.79. The van der Waals surface area contributed by atoms with Crippen LogP contribution in [-0.4, -0.2) is 16.3 Å². The van der Waals surface area contributed by atoms with Gasteiger partial charge in [0.2, 0.25) is 0 Å². The van der Waals surface area contributed by atoms with Crippen LogP contribution in [0.5, 0.6) is 0 Å². The Bertz CT molecular complexity index is 632. The predicted octanol–water partition coefficient (Wildman–Crippen LogP) is 2.34. The molecule has 0 saturated heterocycles. The van der Waals surface area contributed by atoms with E-state index in [9.17, 15) is 4.79 Å². The Balaban J connectivity index is 2.23. The molecule has 0 fully saturated rings. The van der Waals surface area contributed by atoms with Crippen LogP contribution in [0.15, 0.2) is 35.3 Å². The van der Waals surface area contributed by atoms with Gasteiger partial charge in [0.25, 0.3) is 5.56 Å². The van der Waals surface area contributed by atoms with E-state index in [2.05, 4.69) is 36.4 Å². The maximum Gasteiger partial charge on any atom is 0.269 e. The number of rotatable bonds is 4. The highest BCUT2D eigenvalue weighted by atomic mass is 16.1. The summed E-state index contributed by atoms with van der Waals surface area (Å²) in [5.41, 5.74) is 4.26. The summed E-state index contributed by atoms with van der Waals surface area (Å²) in [5, 5.41) is 7.27. The lowest BCUT2D eigenvalue weighted by molar-refractivity contribution is 0.639. The van der Waals surface area contributed by atoms with Crippen molar-refractivity contribution in [3.8, 4) is 0 Å². The average Bonchev–Trinajstić information content (AvgIpc) is 2.37. The summed E-state index contributed by atoms with van der Waals surface area (Å²) in [5.74, 6) is 0. The van der Waals surface area contributed by atoms with Gasteiger partial charge in [0.05, 0.1) is 18.4 Å². The Hall–Kier alpha value is -2.10. The number of nitrogens with one attached hydrogen (secondary N) is 1. The molecule has 4 heteroatoms. The van der Waals surface area contributed by atoms with E-state index in [0.29, 0.717) is 6.54 Å². The van der Waals surface area contributed by atoms with Crippen LogP contribution in [0, 0.1) is 13.8 Å². The zero-order chi connectivity index (χ0) is 13.8. The molecule has 0 atom stereocenters. The van der Waals surface area contributed by atoms with Crippen molar-refractivity contribution >= 4 is 5.69 Å². The zero-order valence-corrected chi connectivity index (χ0v) is 11.6. The molecule has 0 unspecified atom stereocenters. The summed E-state index contributed by atoms with van der Waals surface area (Å²) >= 11 is 0. The van der Waals surface area contributed by atoms with E-state index in [1.54, 1.807) is 12.3 Å². The van der Waals surface area contributed by atoms with Gasteiger partial charge in [0.1, 0.15) is 0 Å². The van der Waals surface area contributed by atoms with Crippen LogP contribution >= 0.6 is 0 Å². The summed E-state index contributed by atoms with van der Waals surface area (Å²) in [7, 11) is 0. The minimum absolute atomic E-state index is 0.0864. The number of benzene rings is 1. The molecule has 2 aromatic rings. The highest BCUT2D eigenvalue weighted by Gasteiger charge is 2.02. The normalized spacial score (nSPS) is 10.5. The lowest BCUT2D eigenvalue weighted by atomic mass is 10.1. The first-order valence-corrected chi connectivity index (χ1v) is 6.47. The van der Waals surface area contributed by atoms with E-state index in [-0.39, 0.29) is 5.56 Å². The second-order valence-electron chi connectivity index (χ2n) is 4.69. The van der Waals surface area contributed by atoms with E-state index in [1.165, 1.54) is 15.8 Å². The van der Waals surface area contributed by atoms with Crippen molar-refractivity contribution in [2.45, 2.75) is 27.3 Å². The van der Waals surface area contributed by atoms with Crippen molar-refractivity contribution in [2.24, 2.45) is 0 Å². The number of aryl methyl sites for hydroxylation is 2. The summed E-state index contributed by atoms with van der Waals surface area (Å²) < 4.78 is 1.48. The smallest absolute Gasteiger partial charge is 0.269 e. The largest absolute Gasteiger partial charge is 0.384 e. The van der Waals surface area contributed by atoms with Crippen molar-refractivity contribution in [1.29, 1.82) is 0 Å². The molecule has 2 rings (SSSR count). The quantitative estimate of drug-likeness (QED) is 0.914. The SMILES string of the molecule is CCNc1cnn(Cc2ccc(C)c(C)c2)c(=O)c1. The number of hydrogen-bond acceptors (Lipinski definition) is 3. The van der Waals surface area contributed by atoms with Crippen molar-refractivity contribution in [2.75, 3.05) is 11.9 Å². The van der Waals surface area contributed by atoms with Crippen LogP contribution in [0.25, 0.3) is 0 Å². The van der Waals surface area contributed by atoms with Gasteiger partial charge in [-0.15, -0.1) is 0 Å². The molecule has 0 amide bonds. The van der Waals surface area contributed by atoms with Crippen LogP contribution in [-0.2, 0) is 6.54 Å². The minimum atomic E-state index is -0.0864. The third-order valence-electron chi connectivity index (χ3n) is 3.15. The van der Waals surface area contributed by atoms with Crippen molar-refractivity contribution in [1.82, 2.24) is 9.78 Å². The highest BCUT2D eigenvalue weighted by Crippen LogP contribution is 2.10. The Morgan fingerprint density at radius 2 is 2.00 bits per heavy atom. The van der Waals surface area contributed by atoms with Crippen molar-refractivity contribution in [3.05, 3.63) is 57.5 Å². The number of nitrogens with zero attached hydrogens (tertiary/aromatic N) is 2. The van der Waals surface area contributed by atoms with Gasteiger partial charge in [-0.05, 0) is 37.5 Å². The summed E-state index contributed by atoms with van der Waals surface area (Å²) in [6.07, 6.45) is 1.69. The Morgan fingerprint density at radius 1 is 1.21 bits per heavy atom. The van der Waals surface area contributed by atoms with E-state index >= 15 is 0 Å². The van der Waals surface area contributed by atoms with Crippen LogP contribution in [0.2, 0.25) is 0 Å². The molecule has 1 heterocycles. The topological polar surface area (TPSA) is 46.9 Å². The fraction of sp³-hybridized carbons (Fsp3) is 0.333. The van der Waals surface area contributed by atoms with E-state index in [4.69, 9.17) is 0 Å². The number of aromatic nitrogens is 2. The van der Waals surface area contributed by atoms with Gasteiger partial charge in [0.15, 0.2) is 0 Å². The second-order valence-corrected chi connectivity index (χ2v) is 4.69. The lowest BCUT2D eigenvalue weighted by Gasteiger charge is -2.08. The van der Waals surface area contributed by atoms with E-state index in [0.717, 1.165) is 17.8 Å². The molecule has 19 heavy (non-hydrogen) atoms. The van der Waals surface area contributed by atoms with Crippen molar-refractivity contribution < 1.29 is 0 Å². The van der Waals surface area contributed by atoms with Crippen molar-refractivity contribution in [3.63, 3.8) is 0 Å². The molecule has 1 aromatic carbocycles. The fourth-order valence-corrected chi connectivity index (χ4v) is 1.93. The van der Waals surface area contributed by atoms with Crippen LogP contribution in [0.3, 0.4) is 0 Å². The van der Waals surface area contributed by atoms with Gasteiger partial charge in [0, 0.05) is 12.6 Å². The molecular formula is C15H19N3O. The van der Waals surface area contributed by atoms with Gasteiger partial charge in [-0.2, -0.15) is 5.10 Å². The molecule has 0 aliphatic rings. The van der Waals surface area contributed by atoms with E-state index in [1.807, 2.05) is 13.0 Å². The predicted molar refractivity (Wildman–Crippen MR) is 77.7 cm³/mol. The summed E-state index contributed by atoms with van der Waals surface area (Å²) in [4.78, 5) is 11.9. The van der Waals surface area contributed by atoms with Crippen LogP contribution in [0.1, 0.15) is 23.6 Å². The van der Waals surface area contributed by atoms with Crippen LogP contribution in [0.4, 0.5) is 5.69 Å². The molecule has 100 valence electrons. The molecule has 0 saturated carbocycles. The molecule has 4 nitrogen and oxygen atoms in total. The monoisotopic (exact) mass is 257 g/mol. The lowest BCUT2D eigenvalue weighted by Crippen LogP contribution is -2.23. The van der Waals surface area contributed by atoms with Gasteiger partial charge < -0.3 is 5.32 Å². The van der Waals surface area contributed by atoms with Gasteiger partial charge >= 0.3 is 0 Å². The number of hydrogen-bond donors (Lipinski definition) is 1. The standard InChI is InChI=1S/C15H19N3O/c1-4-16-14-8-15(19)18(17-9-14)10-13-6-5-11(2)12(3)7-13/h5-9,16H,4,10H2,1-3H3. The molecular weight excluding hydrogens is 238 g/mol. The van der Waals surface area contributed by atoms with Gasteiger partial charge in [-0.1, -0.05) is 18.2 Å². The van der Waals surface area contributed by atoms with Gasteiger partial charge in [-0.3, -0.25) is 4.79 Å². The molecule has 0 aliphatic carbocycles. The molecule has 0 aliphatic heterocycles. The first-order chi connectivity index (χ1) is 9.10. The molecule has 0 bridgehead atoms. The third-order valence-corrected chi connectivity index (χ3v) is 3.15. The molecule has 0 radical (unpaired) electrons. The first-order valence-electron chi connectivity index (χ1n) is 6.47. The highest BCUT2D eigenvalue weighted by molar-refractivity contribution is 5.38. The number of anilines is 1.